The molecule has 2 aromatic rings. The Morgan fingerprint density at radius 3 is 2.76 bits per heavy atom. The van der Waals surface area contributed by atoms with Gasteiger partial charge in [0.05, 0.1) is 0 Å². The average molecular weight is 270 g/mol. The van der Waals surface area contributed by atoms with Gasteiger partial charge in [0.2, 0.25) is 5.13 Å². The molecule has 0 amide bonds. The molecule has 0 saturated carbocycles. The van der Waals surface area contributed by atoms with E-state index in [1.165, 1.54) is 11.3 Å². The highest BCUT2D eigenvalue weighted by atomic mass is 35.5. The van der Waals surface area contributed by atoms with Crippen LogP contribution >= 0.6 is 22.9 Å². The summed E-state index contributed by atoms with van der Waals surface area (Å²) in [6.07, 6.45) is -0.191. The Morgan fingerprint density at radius 2 is 2.18 bits per heavy atom. The predicted octanol–water partition coefficient (Wildman–Crippen LogP) is 3.22. The molecule has 1 aromatic carbocycles. The summed E-state index contributed by atoms with van der Waals surface area (Å²) in [7, 11) is 0. The normalized spacial score (nSPS) is 12.4. The maximum atomic E-state index is 6.02. The number of hydrogen-bond acceptors (Lipinski definition) is 5. The number of halogens is 1. The van der Waals surface area contributed by atoms with Gasteiger partial charge in [0.25, 0.3) is 0 Å². The number of anilines is 1. The lowest BCUT2D eigenvalue weighted by Gasteiger charge is -2.12. The maximum absolute atomic E-state index is 6.02. The van der Waals surface area contributed by atoms with Crippen molar-refractivity contribution in [2.75, 3.05) is 5.73 Å². The number of rotatable bonds is 3. The summed E-state index contributed by atoms with van der Waals surface area (Å²) < 4.78 is 5.72. The number of aromatic nitrogens is 2. The van der Waals surface area contributed by atoms with Crippen LogP contribution in [0, 0.1) is 6.92 Å². The van der Waals surface area contributed by atoms with Gasteiger partial charge in [-0.05, 0) is 31.5 Å². The highest BCUT2D eigenvalue weighted by molar-refractivity contribution is 7.15. The minimum absolute atomic E-state index is 0.191. The quantitative estimate of drug-likeness (QED) is 0.929. The van der Waals surface area contributed by atoms with Crippen molar-refractivity contribution in [2.45, 2.75) is 20.0 Å². The fourth-order valence-corrected chi connectivity index (χ4v) is 2.07. The van der Waals surface area contributed by atoms with E-state index < -0.39 is 0 Å². The fourth-order valence-electron chi connectivity index (χ4n) is 1.31. The van der Waals surface area contributed by atoms with E-state index in [9.17, 15) is 0 Å². The van der Waals surface area contributed by atoms with Gasteiger partial charge in [-0.25, -0.2) is 0 Å². The molecule has 0 unspecified atom stereocenters. The molecule has 0 aliphatic heterocycles. The Bertz CT molecular complexity index is 529. The minimum atomic E-state index is -0.191. The van der Waals surface area contributed by atoms with Gasteiger partial charge in [0.1, 0.15) is 11.9 Å². The molecule has 4 nitrogen and oxygen atoms in total. The summed E-state index contributed by atoms with van der Waals surface area (Å²) in [5.74, 6) is 0.710. The molecule has 2 rings (SSSR count). The number of ether oxygens (including phenoxy) is 1. The molecule has 1 heterocycles. The van der Waals surface area contributed by atoms with Crippen LogP contribution in [0.15, 0.2) is 18.2 Å². The summed E-state index contributed by atoms with van der Waals surface area (Å²) in [6, 6.07) is 5.58. The van der Waals surface area contributed by atoms with Crippen LogP contribution < -0.4 is 10.5 Å². The Hall–Kier alpha value is -1.33. The Labute approximate surface area is 108 Å². The van der Waals surface area contributed by atoms with E-state index in [2.05, 4.69) is 10.2 Å². The van der Waals surface area contributed by atoms with Gasteiger partial charge in [-0.1, -0.05) is 29.0 Å². The Morgan fingerprint density at radius 1 is 1.41 bits per heavy atom. The van der Waals surface area contributed by atoms with Crippen molar-refractivity contribution >= 4 is 28.1 Å². The highest BCUT2D eigenvalue weighted by Crippen LogP contribution is 2.27. The standard InChI is InChI=1S/C11H12ClN3OS/c1-6-3-4-8(5-9(6)12)16-7(2)10-14-15-11(13)17-10/h3-5,7H,1-2H3,(H2,13,15)/t7-/m1/s1. The smallest absolute Gasteiger partial charge is 0.203 e. The fraction of sp³-hybridized carbons (Fsp3) is 0.273. The second kappa shape index (κ2) is 4.89. The lowest BCUT2D eigenvalue weighted by atomic mass is 10.2. The van der Waals surface area contributed by atoms with Crippen LogP contribution in [0.25, 0.3) is 0 Å². The van der Waals surface area contributed by atoms with E-state index in [1.807, 2.05) is 26.0 Å². The van der Waals surface area contributed by atoms with Crippen LogP contribution in [0.3, 0.4) is 0 Å². The summed E-state index contributed by atoms with van der Waals surface area (Å²) in [5, 5.41) is 9.57. The van der Waals surface area contributed by atoms with Crippen LogP contribution in [-0.2, 0) is 0 Å². The summed E-state index contributed by atoms with van der Waals surface area (Å²) in [6.45, 7) is 3.84. The zero-order valence-electron chi connectivity index (χ0n) is 9.48. The first kappa shape index (κ1) is 12.1. The van der Waals surface area contributed by atoms with Crippen LogP contribution in [0.1, 0.15) is 23.6 Å². The monoisotopic (exact) mass is 269 g/mol. The van der Waals surface area contributed by atoms with Gasteiger partial charge in [-0.3, -0.25) is 0 Å². The second-order valence-electron chi connectivity index (χ2n) is 3.65. The summed E-state index contributed by atoms with van der Waals surface area (Å²) in [4.78, 5) is 0. The van der Waals surface area contributed by atoms with Crippen molar-refractivity contribution in [2.24, 2.45) is 0 Å². The van der Waals surface area contributed by atoms with Gasteiger partial charge < -0.3 is 10.5 Å². The van der Waals surface area contributed by atoms with E-state index in [1.54, 1.807) is 6.07 Å². The van der Waals surface area contributed by atoms with E-state index in [0.717, 1.165) is 10.6 Å². The lowest BCUT2D eigenvalue weighted by Crippen LogP contribution is -2.02. The maximum Gasteiger partial charge on any atom is 0.203 e. The molecular weight excluding hydrogens is 258 g/mol. The molecule has 0 radical (unpaired) electrons. The number of nitrogens with two attached hydrogens (primary N) is 1. The molecule has 2 N–H and O–H groups in total. The van der Waals surface area contributed by atoms with Crippen LogP contribution in [0.2, 0.25) is 5.02 Å². The number of aryl methyl sites for hydroxylation is 1. The highest BCUT2D eigenvalue weighted by Gasteiger charge is 2.13. The third-order valence-corrected chi connectivity index (χ3v) is 3.58. The van der Waals surface area contributed by atoms with Gasteiger partial charge in [-0.2, -0.15) is 0 Å². The summed E-state index contributed by atoms with van der Waals surface area (Å²) in [5.41, 5.74) is 6.54. The molecule has 0 aliphatic rings. The van der Waals surface area contributed by atoms with Crippen LogP contribution in [-0.4, -0.2) is 10.2 Å². The van der Waals surface area contributed by atoms with Crippen molar-refractivity contribution in [1.29, 1.82) is 0 Å². The molecule has 6 heteroatoms. The van der Waals surface area contributed by atoms with Gasteiger partial charge in [-0.15, -0.1) is 10.2 Å². The Kier molecular flexibility index (Phi) is 3.49. The van der Waals surface area contributed by atoms with Gasteiger partial charge in [0.15, 0.2) is 5.01 Å². The molecule has 0 spiro atoms. The first-order chi connectivity index (χ1) is 8.06. The van der Waals surface area contributed by atoms with Gasteiger partial charge in [0, 0.05) is 5.02 Å². The minimum Gasteiger partial charge on any atom is -0.483 e. The number of hydrogen-bond donors (Lipinski definition) is 1. The largest absolute Gasteiger partial charge is 0.483 e. The van der Waals surface area contributed by atoms with Crippen LogP contribution in [0.4, 0.5) is 5.13 Å². The predicted molar refractivity (Wildman–Crippen MR) is 69.6 cm³/mol. The number of nitrogen functional groups attached to an aromatic ring is 1. The summed E-state index contributed by atoms with van der Waals surface area (Å²) >= 11 is 7.34. The van der Waals surface area contributed by atoms with E-state index >= 15 is 0 Å². The average Bonchev–Trinajstić information content (AvgIpc) is 2.70. The zero-order valence-corrected chi connectivity index (χ0v) is 11.0. The molecule has 0 fully saturated rings. The topological polar surface area (TPSA) is 61.0 Å². The third kappa shape index (κ3) is 2.87. The van der Waals surface area contributed by atoms with E-state index in [0.29, 0.717) is 15.9 Å². The van der Waals surface area contributed by atoms with Gasteiger partial charge >= 0.3 is 0 Å². The molecule has 0 aliphatic carbocycles. The second-order valence-corrected chi connectivity index (χ2v) is 5.10. The molecule has 0 bridgehead atoms. The van der Waals surface area contributed by atoms with E-state index in [4.69, 9.17) is 22.1 Å². The molecule has 17 heavy (non-hydrogen) atoms. The van der Waals surface area contributed by atoms with Crippen molar-refractivity contribution in [3.8, 4) is 5.75 Å². The third-order valence-electron chi connectivity index (χ3n) is 2.26. The first-order valence-corrected chi connectivity index (χ1v) is 6.27. The Balaban J connectivity index is 2.12. The molecular formula is C11H12ClN3OS. The molecule has 0 saturated heterocycles. The van der Waals surface area contributed by atoms with Crippen molar-refractivity contribution in [3.05, 3.63) is 33.8 Å². The van der Waals surface area contributed by atoms with Crippen molar-refractivity contribution in [3.63, 3.8) is 0 Å². The molecule has 1 atom stereocenters. The van der Waals surface area contributed by atoms with E-state index in [-0.39, 0.29) is 6.10 Å². The zero-order chi connectivity index (χ0) is 12.4. The number of benzene rings is 1. The van der Waals surface area contributed by atoms with Crippen molar-refractivity contribution < 1.29 is 4.74 Å². The SMILES string of the molecule is Cc1ccc(O[C@H](C)c2nnc(N)s2)cc1Cl. The number of nitrogens with zero attached hydrogens (tertiary/aromatic N) is 2. The van der Waals surface area contributed by atoms with Crippen LogP contribution in [0.5, 0.6) is 5.75 Å². The molecule has 90 valence electrons. The first-order valence-electron chi connectivity index (χ1n) is 5.08. The van der Waals surface area contributed by atoms with Crippen molar-refractivity contribution in [1.82, 2.24) is 10.2 Å². The molecule has 1 aromatic heterocycles. The lowest BCUT2D eigenvalue weighted by molar-refractivity contribution is 0.225.